The number of hydrogen-bond donors (Lipinski definition) is 2. The highest BCUT2D eigenvalue weighted by atomic mass is 35.5. The molecule has 9 heteroatoms. The first-order chi connectivity index (χ1) is 15.5. The third kappa shape index (κ3) is 4.92. The molecule has 2 aliphatic carbocycles. The van der Waals surface area contributed by atoms with Crippen LogP contribution in [0.1, 0.15) is 11.1 Å². The number of benzene rings is 2. The van der Waals surface area contributed by atoms with Gasteiger partial charge in [-0.15, -0.1) is 35.0 Å². The second-order valence-corrected chi connectivity index (χ2v) is 12.0. The summed E-state index contributed by atoms with van der Waals surface area (Å²) in [5.41, 5.74) is 14.3. The fourth-order valence-corrected chi connectivity index (χ4v) is 7.74. The first-order valence-electron chi connectivity index (χ1n) is 9.80. The first kappa shape index (κ1) is 25.2. The number of nitrogens with two attached hydrogens (primary N) is 2. The van der Waals surface area contributed by atoms with Crippen molar-refractivity contribution >= 4 is 92.7 Å². The number of thioether (sulfide) groups is 1. The molecule has 172 valence electrons. The van der Waals surface area contributed by atoms with Gasteiger partial charge in [0.05, 0.1) is 10.5 Å². The van der Waals surface area contributed by atoms with Crippen LogP contribution in [0.5, 0.6) is 0 Å². The molecule has 0 saturated heterocycles. The summed E-state index contributed by atoms with van der Waals surface area (Å²) in [6, 6.07) is 10.5. The molecule has 0 amide bonds. The molecule has 2 aliphatic rings. The third-order valence-electron chi connectivity index (χ3n) is 5.49. The molecule has 0 aliphatic heterocycles. The normalized spacial score (nSPS) is 29.0. The molecule has 0 fully saturated rings. The monoisotopic (exact) mass is 576 g/mol. The Labute approximate surface area is 227 Å². The standard InChI is InChI=1S/C24H18Cl6N2S/c25-13-1-7-21(23(29,11-13)17-5-3-15(31)9-19(17)27)33-22-8-2-14(26)12-24(22,30)18-6-4-16(32)10-20(18)28/h1-12,21-22H,31-32H2. The molecule has 0 heterocycles. The van der Waals surface area contributed by atoms with Gasteiger partial charge in [0, 0.05) is 31.5 Å². The minimum absolute atomic E-state index is 0.284. The lowest BCUT2D eigenvalue weighted by atomic mass is 9.90. The summed E-state index contributed by atoms with van der Waals surface area (Å²) in [5, 5.41) is 1.35. The van der Waals surface area contributed by atoms with Crippen molar-refractivity contribution in [1.82, 2.24) is 0 Å². The van der Waals surface area contributed by atoms with Crippen molar-refractivity contribution in [2.75, 3.05) is 11.5 Å². The highest BCUT2D eigenvalue weighted by Crippen LogP contribution is 2.54. The fraction of sp³-hybridized carbons (Fsp3) is 0.167. The van der Waals surface area contributed by atoms with E-state index in [0.717, 1.165) is 0 Å². The van der Waals surface area contributed by atoms with Crippen LogP contribution in [0.4, 0.5) is 11.4 Å². The number of rotatable bonds is 4. The first-order valence-corrected chi connectivity index (χ1v) is 13.0. The van der Waals surface area contributed by atoms with Gasteiger partial charge in [0.1, 0.15) is 9.75 Å². The van der Waals surface area contributed by atoms with E-state index in [1.165, 1.54) is 0 Å². The Morgan fingerprint density at radius 2 is 1.06 bits per heavy atom. The van der Waals surface area contributed by atoms with Crippen molar-refractivity contribution in [2.45, 2.75) is 20.2 Å². The van der Waals surface area contributed by atoms with Crippen molar-refractivity contribution in [1.29, 1.82) is 0 Å². The zero-order valence-corrected chi connectivity index (χ0v) is 22.3. The summed E-state index contributed by atoms with van der Waals surface area (Å²) in [7, 11) is 0. The van der Waals surface area contributed by atoms with E-state index in [2.05, 4.69) is 0 Å². The molecule has 0 bridgehead atoms. The molecule has 0 radical (unpaired) electrons. The van der Waals surface area contributed by atoms with Gasteiger partial charge in [0.25, 0.3) is 0 Å². The average molecular weight is 579 g/mol. The Kier molecular flexibility index (Phi) is 7.34. The van der Waals surface area contributed by atoms with Gasteiger partial charge in [-0.05, 0) is 59.7 Å². The van der Waals surface area contributed by atoms with Crippen LogP contribution in [-0.4, -0.2) is 10.5 Å². The minimum atomic E-state index is -1.04. The Morgan fingerprint density at radius 3 is 1.42 bits per heavy atom. The van der Waals surface area contributed by atoms with Crippen molar-refractivity contribution in [3.8, 4) is 0 Å². The van der Waals surface area contributed by atoms with E-state index in [4.69, 9.17) is 81.1 Å². The second kappa shape index (κ2) is 9.62. The van der Waals surface area contributed by atoms with E-state index in [0.29, 0.717) is 42.6 Å². The minimum Gasteiger partial charge on any atom is -0.399 e. The van der Waals surface area contributed by atoms with Gasteiger partial charge in [-0.3, -0.25) is 0 Å². The number of halogens is 6. The zero-order chi connectivity index (χ0) is 24.0. The maximum absolute atomic E-state index is 7.25. The zero-order valence-electron chi connectivity index (χ0n) is 16.9. The van der Waals surface area contributed by atoms with Crippen LogP contribution in [0.2, 0.25) is 10.0 Å². The van der Waals surface area contributed by atoms with Gasteiger partial charge in [-0.25, -0.2) is 0 Å². The summed E-state index contributed by atoms with van der Waals surface area (Å²) in [6.07, 6.45) is 11.1. The quantitative estimate of drug-likeness (QED) is 0.282. The van der Waals surface area contributed by atoms with Crippen LogP contribution in [-0.2, 0) is 9.75 Å². The van der Waals surface area contributed by atoms with Crippen molar-refractivity contribution < 1.29 is 0 Å². The third-order valence-corrected chi connectivity index (χ3v) is 9.58. The molecule has 4 rings (SSSR count). The molecule has 0 aromatic heterocycles. The van der Waals surface area contributed by atoms with Crippen LogP contribution in [0.3, 0.4) is 0 Å². The molecule has 0 saturated carbocycles. The van der Waals surface area contributed by atoms with Gasteiger partial charge in [-0.2, -0.15) is 0 Å². The van der Waals surface area contributed by atoms with Crippen LogP contribution in [0.15, 0.2) is 82.9 Å². The Bertz CT molecular complexity index is 1130. The maximum atomic E-state index is 7.25. The number of nitrogen functional groups attached to an aromatic ring is 2. The van der Waals surface area contributed by atoms with Gasteiger partial charge in [0.15, 0.2) is 0 Å². The Hall–Kier alpha value is -0.910. The molecular weight excluding hydrogens is 561 g/mol. The number of hydrogen-bond acceptors (Lipinski definition) is 3. The molecule has 2 aromatic rings. The van der Waals surface area contributed by atoms with Crippen LogP contribution >= 0.6 is 81.4 Å². The predicted octanol–water partition coefficient (Wildman–Crippen LogP) is 8.58. The molecule has 2 aromatic carbocycles. The molecule has 0 spiro atoms. The van der Waals surface area contributed by atoms with Gasteiger partial charge >= 0.3 is 0 Å². The average Bonchev–Trinajstić information content (AvgIpc) is 2.71. The van der Waals surface area contributed by atoms with E-state index in [1.54, 1.807) is 48.2 Å². The molecule has 4 unspecified atom stereocenters. The van der Waals surface area contributed by atoms with E-state index < -0.39 is 9.75 Å². The lowest BCUT2D eigenvalue weighted by Gasteiger charge is -2.40. The van der Waals surface area contributed by atoms with Crippen molar-refractivity contribution in [3.05, 3.63) is 104 Å². The second-order valence-electron chi connectivity index (χ2n) is 7.77. The SMILES string of the molecule is Nc1ccc(C2(Cl)C=C(Cl)C=CC2SC2C=CC(Cl)=CC2(Cl)c2ccc(N)cc2Cl)c(Cl)c1. The smallest absolute Gasteiger partial charge is 0.106 e. The molecule has 33 heavy (non-hydrogen) atoms. The molecule has 4 atom stereocenters. The summed E-state index contributed by atoms with van der Waals surface area (Å²) in [4.78, 5) is -2.08. The highest BCUT2D eigenvalue weighted by Gasteiger charge is 2.46. The van der Waals surface area contributed by atoms with Crippen LogP contribution in [0, 0.1) is 0 Å². The summed E-state index contributed by atoms with van der Waals surface area (Å²) >= 11 is 41.9. The van der Waals surface area contributed by atoms with Crippen molar-refractivity contribution in [2.24, 2.45) is 0 Å². The topological polar surface area (TPSA) is 52.0 Å². The van der Waals surface area contributed by atoms with Crippen molar-refractivity contribution in [3.63, 3.8) is 0 Å². The van der Waals surface area contributed by atoms with Gasteiger partial charge < -0.3 is 11.5 Å². The number of allylic oxidation sites excluding steroid dienone is 6. The van der Waals surface area contributed by atoms with E-state index >= 15 is 0 Å². The Balaban J connectivity index is 1.76. The number of alkyl halides is 2. The largest absolute Gasteiger partial charge is 0.399 e. The summed E-state index contributed by atoms with van der Waals surface area (Å²) in [6.45, 7) is 0. The highest BCUT2D eigenvalue weighted by molar-refractivity contribution is 8.01. The summed E-state index contributed by atoms with van der Waals surface area (Å²) in [5.74, 6) is 0. The van der Waals surface area contributed by atoms with Crippen LogP contribution < -0.4 is 11.5 Å². The summed E-state index contributed by atoms with van der Waals surface area (Å²) < 4.78 is 0. The predicted molar refractivity (Wildman–Crippen MR) is 148 cm³/mol. The van der Waals surface area contributed by atoms with E-state index in [-0.39, 0.29) is 10.5 Å². The van der Waals surface area contributed by atoms with E-state index in [9.17, 15) is 0 Å². The molecule has 4 N–H and O–H groups in total. The van der Waals surface area contributed by atoms with Gasteiger partial charge in [-0.1, -0.05) is 70.7 Å². The van der Waals surface area contributed by atoms with Gasteiger partial charge in [0.2, 0.25) is 0 Å². The Morgan fingerprint density at radius 1 is 0.667 bits per heavy atom. The lowest BCUT2D eigenvalue weighted by molar-refractivity contribution is 0.745. The fourth-order valence-electron chi connectivity index (χ4n) is 3.89. The maximum Gasteiger partial charge on any atom is 0.106 e. The molecule has 2 nitrogen and oxygen atoms in total. The lowest BCUT2D eigenvalue weighted by Crippen LogP contribution is -2.37. The number of anilines is 2. The molecular formula is C24H18Cl6N2S. The van der Waals surface area contributed by atoms with E-state index in [1.807, 2.05) is 36.4 Å². The van der Waals surface area contributed by atoms with Crippen LogP contribution in [0.25, 0.3) is 0 Å².